The third-order valence-electron chi connectivity index (χ3n) is 6.46. The minimum atomic E-state index is -0.412. The topological polar surface area (TPSA) is 99.8 Å². The first-order chi connectivity index (χ1) is 18.8. The minimum Gasteiger partial charge on any atom is -0.497 e. The average molecular weight is 545 g/mol. The van der Waals surface area contributed by atoms with Crippen LogP contribution in [0.25, 0.3) is 21.9 Å². The molecule has 0 saturated heterocycles. The van der Waals surface area contributed by atoms with Gasteiger partial charge in [-0.05, 0) is 79.2 Å². The van der Waals surface area contributed by atoms with Gasteiger partial charge < -0.3 is 19.2 Å². The maximum absolute atomic E-state index is 13.4. The molecule has 198 valence electrons. The van der Waals surface area contributed by atoms with Crippen molar-refractivity contribution in [2.75, 3.05) is 20.3 Å². The van der Waals surface area contributed by atoms with Crippen LogP contribution in [-0.4, -0.2) is 36.6 Å². The average Bonchev–Trinajstić information content (AvgIpc) is 3.21. The van der Waals surface area contributed by atoms with Crippen LogP contribution in [0.1, 0.15) is 21.6 Å². The number of nitrogens with one attached hydrogen (secondary N) is 1. The van der Waals surface area contributed by atoms with Crippen LogP contribution >= 0.6 is 11.6 Å². The molecular weight excluding hydrogens is 520 g/mol. The molecule has 0 atom stereocenters. The lowest BCUT2D eigenvalue weighted by Crippen LogP contribution is -2.29. The van der Waals surface area contributed by atoms with Crippen molar-refractivity contribution in [3.05, 3.63) is 105 Å². The summed E-state index contributed by atoms with van der Waals surface area (Å²) in [6, 6.07) is 20.3. The Kier molecular flexibility index (Phi) is 7.38. The van der Waals surface area contributed by atoms with E-state index in [-0.39, 0.29) is 31.4 Å². The van der Waals surface area contributed by atoms with E-state index in [9.17, 15) is 14.4 Å². The molecule has 0 unspecified atom stereocenters. The molecule has 39 heavy (non-hydrogen) atoms. The number of carbonyl (C=O) groups excluding carboxylic acids is 2. The van der Waals surface area contributed by atoms with Crippen LogP contribution in [0, 0.1) is 6.92 Å². The number of hydrogen-bond acceptors (Lipinski definition) is 6. The number of halogens is 1. The van der Waals surface area contributed by atoms with Crippen molar-refractivity contribution >= 4 is 45.3 Å². The summed E-state index contributed by atoms with van der Waals surface area (Å²) in [6.45, 7) is 2.36. The van der Waals surface area contributed by atoms with Gasteiger partial charge in [-0.3, -0.25) is 14.2 Å². The highest BCUT2D eigenvalue weighted by atomic mass is 35.5. The molecule has 0 saturated carbocycles. The van der Waals surface area contributed by atoms with Crippen LogP contribution in [0.15, 0.2) is 82.0 Å². The Labute approximate surface area is 228 Å². The summed E-state index contributed by atoms with van der Waals surface area (Å²) in [5.74, 6) is 0.803. The summed E-state index contributed by atoms with van der Waals surface area (Å²) >= 11 is 6.00. The number of nitrogens with zero attached hydrogens (tertiary/aromatic N) is 1. The van der Waals surface area contributed by atoms with Crippen molar-refractivity contribution in [1.82, 2.24) is 9.88 Å². The molecule has 0 aliphatic rings. The second-order valence-electron chi connectivity index (χ2n) is 8.92. The van der Waals surface area contributed by atoms with E-state index < -0.39 is 5.63 Å². The Balaban J connectivity index is 1.30. The third kappa shape index (κ3) is 5.51. The molecule has 5 rings (SSSR count). The molecule has 0 aliphatic heterocycles. The minimum absolute atomic E-state index is 0.0748. The normalized spacial score (nSPS) is 11.1. The first-order valence-corrected chi connectivity index (χ1v) is 12.6. The van der Waals surface area contributed by atoms with Crippen LogP contribution in [0.4, 0.5) is 0 Å². The first kappa shape index (κ1) is 26.1. The van der Waals surface area contributed by atoms with Crippen LogP contribution in [0.5, 0.6) is 11.5 Å². The van der Waals surface area contributed by atoms with E-state index in [0.29, 0.717) is 38.9 Å². The number of aromatic nitrogens is 1. The fourth-order valence-electron chi connectivity index (χ4n) is 4.52. The highest BCUT2D eigenvalue weighted by Crippen LogP contribution is 2.31. The molecule has 1 amide bonds. The smallest absolute Gasteiger partial charge is 0.336 e. The number of benzene rings is 3. The zero-order valence-corrected chi connectivity index (χ0v) is 22.1. The fourth-order valence-corrected chi connectivity index (χ4v) is 4.64. The van der Waals surface area contributed by atoms with Crippen LogP contribution in [0.2, 0.25) is 5.02 Å². The molecule has 0 fully saturated rings. The molecule has 0 bridgehead atoms. The van der Waals surface area contributed by atoms with Gasteiger partial charge in [0.25, 0.3) is 5.91 Å². The zero-order valence-electron chi connectivity index (χ0n) is 21.3. The monoisotopic (exact) mass is 544 g/mol. The van der Waals surface area contributed by atoms with Crippen LogP contribution in [-0.2, 0) is 11.2 Å². The second-order valence-corrected chi connectivity index (χ2v) is 9.36. The van der Waals surface area contributed by atoms with Gasteiger partial charge in [-0.15, -0.1) is 0 Å². The van der Waals surface area contributed by atoms with Gasteiger partial charge in [0.1, 0.15) is 23.7 Å². The van der Waals surface area contributed by atoms with E-state index >= 15 is 0 Å². The van der Waals surface area contributed by atoms with Gasteiger partial charge in [-0.25, -0.2) is 4.79 Å². The number of hydrogen-bond donors (Lipinski definition) is 1. The molecule has 8 nitrogen and oxygen atoms in total. The molecular formula is C30H25ClN2O6. The van der Waals surface area contributed by atoms with E-state index in [4.69, 9.17) is 25.5 Å². The molecule has 1 N–H and O–H groups in total. The van der Waals surface area contributed by atoms with E-state index in [1.165, 1.54) is 6.07 Å². The number of methoxy groups -OCH3 is 1. The molecule has 0 spiro atoms. The predicted octanol–water partition coefficient (Wildman–Crippen LogP) is 5.14. The van der Waals surface area contributed by atoms with Gasteiger partial charge in [0.15, 0.2) is 0 Å². The number of fused-ring (bicyclic) bond motifs is 2. The van der Waals surface area contributed by atoms with E-state index in [1.807, 2.05) is 19.1 Å². The van der Waals surface area contributed by atoms with Crippen molar-refractivity contribution in [3.63, 3.8) is 0 Å². The lowest BCUT2D eigenvalue weighted by atomic mass is 10.1. The zero-order chi connectivity index (χ0) is 27.5. The Morgan fingerprint density at radius 3 is 2.51 bits per heavy atom. The van der Waals surface area contributed by atoms with Crippen LogP contribution < -0.4 is 20.4 Å². The summed E-state index contributed by atoms with van der Waals surface area (Å²) < 4.78 is 17.9. The molecule has 5 aromatic rings. The maximum atomic E-state index is 13.4. The maximum Gasteiger partial charge on any atom is 0.336 e. The predicted molar refractivity (Wildman–Crippen MR) is 149 cm³/mol. The van der Waals surface area contributed by atoms with Gasteiger partial charge >= 0.3 is 5.63 Å². The SMILES string of the molecule is COc1ccc2c(c1)c(CC(=O)NCCOc1ccc3oc(=O)ccc3c1)c(C)n2C(=O)c1ccc(Cl)cc1. The number of ether oxygens (including phenoxy) is 2. The van der Waals surface area contributed by atoms with Crippen molar-refractivity contribution in [2.24, 2.45) is 0 Å². The Morgan fingerprint density at radius 1 is 0.974 bits per heavy atom. The summed E-state index contributed by atoms with van der Waals surface area (Å²) in [4.78, 5) is 37.7. The highest BCUT2D eigenvalue weighted by Gasteiger charge is 2.22. The standard InChI is InChI=1S/C30H25ClN2O6/c1-18-24(17-28(34)32-13-14-38-23-9-11-27-20(15-23)5-12-29(35)39-27)25-16-22(37-2)8-10-26(25)33(18)30(36)19-3-6-21(31)7-4-19/h3-12,15-16H,13-14,17H2,1-2H3,(H,32,34). The van der Waals surface area contributed by atoms with Crippen molar-refractivity contribution in [1.29, 1.82) is 0 Å². The largest absolute Gasteiger partial charge is 0.497 e. The summed E-state index contributed by atoms with van der Waals surface area (Å²) in [6.07, 6.45) is 0.0748. The molecule has 3 aromatic carbocycles. The molecule has 0 aliphatic carbocycles. The third-order valence-corrected chi connectivity index (χ3v) is 6.71. The number of rotatable bonds is 8. The van der Waals surface area contributed by atoms with Crippen molar-refractivity contribution in [2.45, 2.75) is 13.3 Å². The lowest BCUT2D eigenvalue weighted by molar-refractivity contribution is -0.120. The quantitative estimate of drug-likeness (QED) is 0.214. The van der Waals surface area contributed by atoms with E-state index in [2.05, 4.69) is 5.32 Å². The molecule has 0 radical (unpaired) electrons. The second kappa shape index (κ2) is 11.0. The fraction of sp³-hybridized carbons (Fsp3) is 0.167. The molecule has 2 aromatic heterocycles. The van der Waals surface area contributed by atoms with Crippen LogP contribution in [0.3, 0.4) is 0 Å². The summed E-state index contributed by atoms with van der Waals surface area (Å²) in [5, 5.41) is 4.93. The Morgan fingerprint density at radius 2 is 1.74 bits per heavy atom. The van der Waals surface area contributed by atoms with Crippen molar-refractivity contribution < 1.29 is 23.5 Å². The van der Waals surface area contributed by atoms with E-state index in [0.717, 1.165) is 16.3 Å². The van der Waals surface area contributed by atoms with E-state index in [1.54, 1.807) is 66.3 Å². The highest BCUT2D eigenvalue weighted by molar-refractivity contribution is 6.30. The van der Waals surface area contributed by atoms with Gasteiger partial charge in [-0.1, -0.05) is 11.6 Å². The Bertz CT molecular complexity index is 1750. The van der Waals surface area contributed by atoms with Crippen molar-refractivity contribution in [3.8, 4) is 11.5 Å². The van der Waals surface area contributed by atoms with Gasteiger partial charge in [0.2, 0.25) is 5.91 Å². The molecule has 2 heterocycles. The molecule has 9 heteroatoms. The Hall–Kier alpha value is -4.56. The first-order valence-electron chi connectivity index (χ1n) is 12.3. The number of carbonyl (C=O) groups is 2. The number of amides is 1. The van der Waals surface area contributed by atoms with Gasteiger partial charge in [0.05, 0.1) is 25.6 Å². The summed E-state index contributed by atoms with van der Waals surface area (Å²) in [5.41, 5.74) is 2.65. The van der Waals surface area contributed by atoms with Gasteiger partial charge in [-0.2, -0.15) is 0 Å². The summed E-state index contributed by atoms with van der Waals surface area (Å²) in [7, 11) is 1.57. The van der Waals surface area contributed by atoms with Gasteiger partial charge in [0, 0.05) is 33.1 Å². The lowest BCUT2D eigenvalue weighted by Gasteiger charge is -2.09.